The SMILES string of the molecule is C=CC(OCC(CC)CCCC)C(CC)CCCC. The van der Waals surface area contributed by atoms with Gasteiger partial charge in [-0.25, -0.2) is 0 Å². The van der Waals surface area contributed by atoms with Crippen molar-refractivity contribution in [3.8, 4) is 0 Å². The molecule has 0 saturated carbocycles. The van der Waals surface area contributed by atoms with Crippen molar-refractivity contribution in [1.29, 1.82) is 0 Å². The maximum absolute atomic E-state index is 6.17. The first-order chi connectivity index (χ1) is 9.23. The van der Waals surface area contributed by atoms with Gasteiger partial charge in [-0.1, -0.05) is 72.3 Å². The third-order valence-corrected chi connectivity index (χ3v) is 4.22. The normalized spacial score (nSPS) is 16.0. The Kier molecular flexibility index (Phi) is 12.5. The van der Waals surface area contributed by atoms with Crippen molar-refractivity contribution in [1.82, 2.24) is 0 Å². The molecule has 0 fully saturated rings. The molecule has 0 radical (unpaired) electrons. The molecule has 1 nitrogen and oxygen atoms in total. The van der Waals surface area contributed by atoms with Crippen LogP contribution in [0, 0.1) is 11.8 Å². The zero-order chi connectivity index (χ0) is 14.5. The molecule has 0 aromatic carbocycles. The molecule has 0 saturated heterocycles. The molecule has 0 aliphatic carbocycles. The second-order valence-electron chi connectivity index (χ2n) is 5.76. The van der Waals surface area contributed by atoms with Gasteiger partial charge in [0.1, 0.15) is 0 Å². The van der Waals surface area contributed by atoms with E-state index in [1.54, 1.807) is 0 Å². The van der Waals surface area contributed by atoms with Crippen LogP contribution < -0.4 is 0 Å². The summed E-state index contributed by atoms with van der Waals surface area (Å²) in [6, 6.07) is 0. The number of hydrogen-bond acceptors (Lipinski definition) is 1. The van der Waals surface area contributed by atoms with Crippen molar-refractivity contribution in [3.05, 3.63) is 12.7 Å². The highest BCUT2D eigenvalue weighted by molar-refractivity contribution is 4.86. The van der Waals surface area contributed by atoms with Crippen molar-refractivity contribution in [2.45, 2.75) is 85.2 Å². The van der Waals surface area contributed by atoms with Crippen LogP contribution in [0.25, 0.3) is 0 Å². The van der Waals surface area contributed by atoms with Crippen molar-refractivity contribution in [2.75, 3.05) is 6.61 Å². The molecule has 3 atom stereocenters. The summed E-state index contributed by atoms with van der Waals surface area (Å²) < 4.78 is 6.17. The number of hydrogen-bond donors (Lipinski definition) is 0. The second-order valence-corrected chi connectivity index (χ2v) is 5.76. The lowest BCUT2D eigenvalue weighted by Gasteiger charge is -2.26. The fraction of sp³-hybridized carbons (Fsp3) is 0.889. The van der Waals surface area contributed by atoms with E-state index in [9.17, 15) is 0 Å². The summed E-state index contributed by atoms with van der Waals surface area (Å²) in [5.41, 5.74) is 0. The molecule has 0 N–H and O–H groups in total. The van der Waals surface area contributed by atoms with Crippen LogP contribution in [0.1, 0.15) is 79.1 Å². The molecule has 0 amide bonds. The van der Waals surface area contributed by atoms with Crippen LogP contribution in [-0.4, -0.2) is 12.7 Å². The van der Waals surface area contributed by atoms with Crippen LogP contribution in [0.3, 0.4) is 0 Å². The van der Waals surface area contributed by atoms with Gasteiger partial charge in [0.15, 0.2) is 0 Å². The zero-order valence-electron chi connectivity index (χ0n) is 13.8. The van der Waals surface area contributed by atoms with Crippen LogP contribution in [0.5, 0.6) is 0 Å². The molecule has 0 spiro atoms. The minimum Gasteiger partial charge on any atom is -0.374 e. The minimum absolute atomic E-state index is 0.257. The summed E-state index contributed by atoms with van der Waals surface area (Å²) in [6.45, 7) is 14.0. The van der Waals surface area contributed by atoms with Crippen molar-refractivity contribution >= 4 is 0 Å². The van der Waals surface area contributed by atoms with Crippen molar-refractivity contribution < 1.29 is 4.74 Å². The average molecular weight is 268 g/mol. The zero-order valence-corrected chi connectivity index (χ0v) is 13.8. The van der Waals surface area contributed by atoms with E-state index in [1.807, 2.05) is 6.08 Å². The Balaban J connectivity index is 4.16. The lowest BCUT2D eigenvalue weighted by molar-refractivity contribution is 0.0156. The third-order valence-electron chi connectivity index (χ3n) is 4.22. The van der Waals surface area contributed by atoms with Gasteiger partial charge in [0.05, 0.1) is 12.7 Å². The van der Waals surface area contributed by atoms with E-state index in [4.69, 9.17) is 4.74 Å². The van der Waals surface area contributed by atoms with E-state index in [-0.39, 0.29) is 6.10 Å². The first-order valence-electron chi connectivity index (χ1n) is 8.47. The highest BCUT2D eigenvalue weighted by atomic mass is 16.5. The summed E-state index contributed by atoms with van der Waals surface area (Å²) in [7, 11) is 0. The van der Waals surface area contributed by atoms with Crippen molar-refractivity contribution in [2.24, 2.45) is 11.8 Å². The maximum atomic E-state index is 6.17. The Bertz CT molecular complexity index is 200. The van der Waals surface area contributed by atoms with Crippen molar-refractivity contribution in [3.63, 3.8) is 0 Å². The van der Waals surface area contributed by atoms with E-state index in [2.05, 4.69) is 34.3 Å². The minimum atomic E-state index is 0.257. The summed E-state index contributed by atoms with van der Waals surface area (Å²) in [5.74, 6) is 1.38. The van der Waals surface area contributed by atoms with Gasteiger partial charge in [0.25, 0.3) is 0 Å². The Morgan fingerprint density at radius 3 is 2.05 bits per heavy atom. The first-order valence-corrected chi connectivity index (χ1v) is 8.47. The summed E-state index contributed by atoms with van der Waals surface area (Å²) in [5, 5.41) is 0. The first kappa shape index (κ1) is 18.7. The number of ether oxygens (including phenoxy) is 1. The molecular weight excluding hydrogens is 232 g/mol. The fourth-order valence-corrected chi connectivity index (χ4v) is 2.61. The summed E-state index contributed by atoms with van der Waals surface area (Å²) in [6.07, 6.45) is 12.5. The van der Waals surface area contributed by atoms with E-state index in [0.717, 1.165) is 12.5 Å². The van der Waals surface area contributed by atoms with Gasteiger partial charge in [-0.2, -0.15) is 0 Å². The van der Waals surface area contributed by atoms with Crippen LogP contribution in [0.2, 0.25) is 0 Å². The molecule has 3 unspecified atom stereocenters. The molecule has 0 aliphatic heterocycles. The smallest absolute Gasteiger partial charge is 0.0781 e. The fourth-order valence-electron chi connectivity index (χ4n) is 2.61. The molecule has 0 rings (SSSR count). The summed E-state index contributed by atoms with van der Waals surface area (Å²) >= 11 is 0. The monoisotopic (exact) mass is 268 g/mol. The topological polar surface area (TPSA) is 9.23 Å². The molecule has 114 valence electrons. The lowest BCUT2D eigenvalue weighted by atomic mass is 9.93. The molecular formula is C18H36O. The number of unbranched alkanes of at least 4 members (excludes halogenated alkanes) is 2. The third kappa shape index (κ3) is 8.47. The maximum Gasteiger partial charge on any atom is 0.0781 e. The number of rotatable bonds is 13. The predicted octanol–water partition coefficient (Wildman–Crippen LogP) is 5.99. The molecule has 19 heavy (non-hydrogen) atoms. The van der Waals surface area contributed by atoms with Gasteiger partial charge < -0.3 is 4.74 Å². The lowest BCUT2D eigenvalue weighted by Crippen LogP contribution is -2.24. The van der Waals surface area contributed by atoms with E-state index in [0.29, 0.717) is 5.92 Å². The summed E-state index contributed by atoms with van der Waals surface area (Å²) in [4.78, 5) is 0. The van der Waals surface area contributed by atoms with E-state index < -0.39 is 0 Å². The Labute approximate surface area is 121 Å². The Morgan fingerprint density at radius 2 is 1.58 bits per heavy atom. The molecule has 0 heterocycles. The molecule has 0 bridgehead atoms. The van der Waals surface area contributed by atoms with Crippen LogP contribution in [-0.2, 0) is 4.74 Å². The van der Waals surface area contributed by atoms with Gasteiger partial charge in [-0.15, -0.1) is 6.58 Å². The molecule has 0 aromatic heterocycles. The van der Waals surface area contributed by atoms with Gasteiger partial charge in [0.2, 0.25) is 0 Å². The van der Waals surface area contributed by atoms with Crippen LogP contribution in [0.15, 0.2) is 12.7 Å². The predicted molar refractivity (Wildman–Crippen MR) is 86.5 cm³/mol. The quantitative estimate of drug-likeness (QED) is 0.373. The van der Waals surface area contributed by atoms with E-state index >= 15 is 0 Å². The highest BCUT2D eigenvalue weighted by Gasteiger charge is 2.18. The van der Waals surface area contributed by atoms with Crippen LogP contribution in [0.4, 0.5) is 0 Å². The molecule has 0 aliphatic rings. The Hall–Kier alpha value is -0.300. The average Bonchev–Trinajstić information content (AvgIpc) is 2.45. The van der Waals surface area contributed by atoms with E-state index in [1.165, 1.54) is 51.4 Å². The Morgan fingerprint density at radius 1 is 0.947 bits per heavy atom. The molecule has 1 heteroatoms. The molecule has 0 aromatic rings. The van der Waals surface area contributed by atoms with Gasteiger partial charge in [-0.3, -0.25) is 0 Å². The van der Waals surface area contributed by atoms with Gasteiger partial charge >= 0.3 is 0 Å². The largest absolute Gasteiger partial charge is 0.374 e. The van der Waals surface area contributed by atoms with Crippen LogP contribution >= 0.6 is 0 Å². The van der Waals surface area contributed by atoms with Gasteiger partial charge in [-0.05, 0) is 24.7 Å². The highest BCUT2D eigenvalue weighted by Crippen LogP contribution is 2.22. The second kappa shape index (κ2) is 12.7. The standard InChI is InChI=1S/C18H36O/c1-6-11-13-16(8-3)15-19-18(10-5)17(9-4)14-12-7-2/h10,16-18H,5-9,11-15H2,1-4H3. The van der Waals surface area contributed by atoms with Gasteiger partial charge in [0, 0.05) is 0 Å².